The minimum atomic E-state index is -4.84. The Morgan fingerprint density at radius 2 is 1.75 bits per heavy atom. The van der Waals surface area contributed by atoms with Gasteiger partial charge in [-0.3, -0.25) is 9.59 Å². The number of anilines is 3. The monoisotopic (exact) mass is 466 g/mol. The molecule has 0 spiro atoms. The zero-order valence-electron chi connectivity index (χ0n) is 16.3. The lowest BCUT2D eigenvalue weighted by Crippen LogP contribution is -2.20. The first-order valence-corrected chi connectivity index (χ1v) is 9.38. The van der Waals surface area contributed by atoms with Gasteiger partial charge in [0.2, 0.25) is 0 Å². The molecule has 2 amide bonds. The molecule has 0 fully saturated rings. The highest BCUT2D eigenvalue weighted by Gasteiger charge is 2.32. The van der Waals surface area contributed by atoms with Crippen LogP contribution in [-0.4, -0.2) is 23.8 Å². The van der Waals surface area contributed by atoms with E-state index in [1.165, 1.54) is 19.3 Å². The molecule has 2 aromatic carbocycles. The zero-order chi connectivity index (χ0) is 23.5. The van der Waals surface area contributed by atoms with Crippen molar-refractivity contribution >= 4 is 40.6 Å². The molecule has 0 atom stereocenters. The Bertz CT molecular complexity index is 1180. The van der Waals surface area contributed by atoms with Crippen molar-refractivity contribution in [3.63, 3.8) is 0 Å². The van der Waals surface area contributed by atoms with Crippen LogP contribution < -0.4 is 16.0 Å². The maximum Gasteiger partial charge on any atom is 0.416 e. The normalized spacial score (nSPS) is 11.1. The molecule has 1 aromatic heterocycles. The molecular formula is C21H15ClF4N4O2. The third-order valence-corrected chi connectivity index (χ3v) is 4.43. The molecule has 0 aliphatic rings. The summed E-state index contributed by atoms with van der Waals surface area (Å²) in [5.41, 5.74) is -1.31. The number of amides is 2. The second-order valence-electron chi connectivity index (χ2n) is 6.52. The first-order valence-electron chi connectivity index (χ1n) is 9.00. The lowest BCUT2D eigenvalue weighted by Gasteiger charge is -2.14. The fourth-order valence-electron chi connectivity index (χ4n) is 2.71. The number of carbonyl (C=O) groups is 2. The highest BCUT2D eigenvalue weighted by Crippen LogP contribution is 2.31. The van der Waals surface area contributed by atoms with Gasteiger partial charge < -0.3 is 16.0 Å². The summed E-state index contributed by atoms with van der Waals surface area (Å²) in [5, 5.41) is 8.10. The van der Waals surface area contributed by atoms with Gasteiger partial charge in [0.15, 0.2) is 5.82 Å². The Labute approximate surface area is 184 Å². The minimum Gasteiger partial charge on any atom is -0.355 e. The Balaban J connectivity index is 1.98. The molecule has 166 valence electrons. The van der Waals surface area contributed by atoms with E-state index in [4.69, 9.17) is 11.6 Å². The van der Waals surface area contributed by atoms with Gasteiger partial charge in [-0.25, -0.2) is 9.37 Å². The van der Waals surface area contributed by atoms with Crippen molar-refractivity contribution in [3.05, 3.63) is 82.3 Å². The van der Waals surface area contributed by atoms with Crippen LogP contribution >= 0.6 is 11.6 Å². The van der Waals surface area contributed by atoms with Gasteiger partial charge >= 0.3 is 6.18 Å². The highest BCUT2D eigenvalue weighted by atomic mass is 35.5. The molecule has 0 bridgehead atoms. The number of pyridine rings is 1. The fourth-order valence-corrected chi connectivity index (χ4v) is 2.90. The summed E-state index contributed by atoms with van der Waals surface area (Å²) in [5.74, 6) is -2.67. The number of aromatic nitrogens is 1. The van der Waals surface area contributed by atoms with Crippen molar-refractivity contribution in [3.8, 4) is 0 Å². The van der Waals surface area contributed by atoms with E-state index < -0.39 is 34.9 Å². The SMILES string of the molecule is CNC(=O)c1cnc(Nc2cccc(Cl)c2)c(NC(=O)c2cc(F)cc(C(F)(F)F)c2)c1. The summed E-state index contributed by atoms with van der Waals surface area (Å²) in [6.45, 7) is 0. The van der Waals surface area contributed by atoms with E-state index in [1.54, 1.807) is 24.3 Å². The maximum absolute atomic E-state index is 13.7. The van der Waals surface area contributed by atoms with E-state index in [0.717, 1.165) is 0 Å². The van der Waals surface area contributed by atoms with Crippen LogP contribution in [-0.2, 0) is 6.18 Å². The van der Waals surface area contributed by atoms with Gasteiger partial charge in [0.05, 0.1) is 16.8 Å². The van der Waals surface area contributed by atoms with Crippen LogP contribution in [0, 0.1) is 5.82 Å². The molecule has 0 aliphatic heterocycles. The van der Waals surface area contributed by atoms with E-state index in [-0.39, 0.29) is 23.1 Å². The molecule has 6 nitrogen and oxygen atoms in total. The number of halogens is 5. The van der Waals surface area contributed by atoms with E-state index in [2.05, 4.69) is 20.9 Å². The van der Waals surface area contributed by atoms with Gasteiger partial charge in [-0.2, -0.15) is 13.2 Å². The van der Waals surface area contributed by atoms with Gasteiger partial charge in [-0.05, 0) is 42.5 Å². The number of carbonyl (C=O) groups excluding carboxylic acids is 2. The largest absolute Gasteiger partial charge is 0.416 e. The van der Waals surface area contributed by atoms with Crippen LogP contribution in [0.15, 0.2) is 54.7 Å². The molecular weight excluding hydrogens is 452 g/mol. The standard InChI is InChI=1S/C21H15ClF4N4O2/c1-27-19(31)12-7-17(18(28-10-12)29-16-4-2-3-14(22)9-16)30-20(32)11-5-13(21(24,25)26)8-15(23)6-11/h2-10H,1H3,(H,27,31)(H,28,29)(H,30,32). The molecule has 0 aliphatic carbocycles. The van der Waals surface area contributed by atoms with Crippen molar-refractivity contribution in [2.24, 2.45) is 0 Å². The minimum absolute atomic E-state index is 0.0195. The van der Waals surface area contributed by atoms with Crippen LogP contribution in [0.1, 0.15) is 26.3 Å². The predicted octanol–water partition coefficient (Wildman–Crippen LogP) is 5.25. The first-order chi connectivity index (χ1) is 15.1. The Morgan fingerprint density at radius 1 is 1.00 bits per heavy atom. The molecule has 0 radical (unpaired) electrons. The van der Waals surface area contributed by atoms with E-state index in [1.807, 2.05) is 0 Å². The van der Waals surface area contributed by atoms with Crippen LogP contribution in [0.2, 0.25) is 5.02 Å². The third kappa shape index (κ3) is 5.52. The summed E-state index contributed by atoms with van der Waals surface area (Å²) < 4.78 is 52.7. The first kappa shape index (κ1) is 23.0. The van der Waals surface area contributed by atoms with Crippen molar-refractivity contribution in [1.29, 1.82) is 0 Å². The molecule has 1 heterocycles. The average molecular weight is 467 g/mol. The lowest BCUT2D eigenvalue weighted by atomic mass is 10.1. The molecule has 0 saturated carbocycles. The zero-order valence-corrected chi connectivity index (χ0v) is 17.1. The van der Waals surface area contributed by atoms with E-state index in [9.17, 15) is 27.2 Å². The lowest BCUT2D eigenvalue weighted by molar-refractivity contribution is -0.137. The topological polar surface area (TPSA) is 83.1 Å². The summed E-state index contributed by atoms with van der Waals surface area (Å²) >= 11 is 5.96. The van der Waals surface area contributed by atoms with Crippen LogP contribution in [0.5, 0.6) is 0 Å². The summed E-state index contributed by atoms with van der Waals surface area (Å²) in [7, 11) is 1.39. The molecule has 0 saturated heterocycles. The summed E-state index contributed by atoms with van der Waals surface area (Å²) in [6.07, 6.45) is -3.59. The van der Waals surface area contributed by atoms with Crippen molar-refractivity contribution in [2.75, 3.05) is 17.7 Å². The van der Waals surface area contributed by atoms with Crippen LogP contribution in [0.25, 0.3) is 0 Å². The van der Waals surface area contributed by atoms with Gasteiger partial charge in [0.1, 0.15) is 5.82 Å². The molecule has 3 aromatic rings. The third-order valence-electron chi connectivity index (χ3n) is 4.20. The fraction of sp³-hybridized carbons (Fsp3) is 0.0952. The van der Waals surface area contributed by atoms with Crippen molar-refractivity contribution in [2.45, 2.75) is 6.18 Å². The number of nitrogens with one attached hydrogen (secondary N) is 3. The molecule has 3 rings (SSSR count). The van der Waals surface area contributed by atoms with E-state index >= 15 is 0 Å². The maximum atomic E-state index is 13.7. The summed E-state index contributed by atoms with van der Waals surface area (Å²) in [4.78, 5) is 28.7. The van der Waals surface area contributed by atoms with Gasteiger partial charge in [0.25, 0.3) is 11.8 Å². The molecule has 0 unspecified atom stereocenters. The second kappa shape index (κ2) is 9.23. The van der Waals surface area contributed by atoms with Crippen molar-refractivity contribution < 1.29 is 27.2 Å². The number of alkyl halides is 3. The van der Waals surface area contributed by atoms with Gasteiger partial charge in [0, 0.05) is 29.5 Å². The smallest absolute Gasteiger partial charge is 0.355 e. The molecule has 32 heavy (non-hydrogen) atoms. The number of hydrogen-bond donors (Lipinski definition) is 3. The van der Waals surface area contributed by atoms with Crippen LogP contribution in [0.4, 0.5) is 34.8 Å². The predicted molar refractivity (Wildman–Crippen MR) is 112 cm³/mol. The van der Waals surface area contributed by atoms with E-state index in [0.29, 0.717) is 22.8 Å². The van der Waals surface area contributed by atoms with Gasteiger partial charge in [-0.15, -0.1) is 0 Å². The second-order valence-corrected chi connectivity index (χ2v) is 6.95. The molecule has 11 heteroatoms. The number of nitrogens with zero attached hydrogens (tertiary/aromatic N) is 1. The number of benzene rings is 2. The number of rotatable bonds is 5. The quantitative estimate of drug-likeness (QED) is 0.449. The average Bonchev–Trinajstić information content (AvgIpc) is 2.73. The highest BCUT2D eigenvalue weighted by molar-refractivity contribution is 6.30. The molecule has 3 N–H and O–H groups in total. The number of hydrogen-bond acceptors (Lipinski definition) is 4. The van der Waals surface area contributed by atoms with Crippen LogP contribution in [0.3, 0.4) is 0 Å². The Morgan fingerprint density at radius 3 is 2.41 bits per heavy atom. The van der Waals surface area contributed by atoms with Crippen molar-refractivity contribution in [1.82, 2.24) is 10.3 Å². The van der Waals surface area contributed by atoms with Gasteiger partial charge in [-0.1, -0.05) is 17.7 Å². The Kier molecular flexibility index (Phi) is 6.64. The Hall–Kier alpha value is -3.66. The summed E-state index contributed by atoms with van der Waals surface area (Å²) in [6, 6.07) is 9.30.